The summed E-state index contributed by atoms with van der Waals surface area (Å²) in [4.78, 5) is 10.7. The zero-order valence-corrected chi connectivity index (χ0v) is 6.63. The van der Waals surface area contributed by atoms with Crippen molar-refractivity contribution in [3.63, 3.8) is 0 Å². The summed E-state index contributed by atoms with van der Waals surface area (Å²) in [6.07, 6.45) is 5.23. The summed E-state index contributed by atoms with van der Waals surface area (Å²) in [5.74, 6) is 0.914. The van der Waals surface area contributed by atoms with Crippen LogP contribution in [0.3, 0.4) is 0 Å². The van der Waals surface area contributed by atoms with Gasteiger partial charge in [0.15, 0.2) is 0 Å². The predicted octanol–water partition coefficient (Wildman–Crippen LogP) is 1.43. The van der Waals surface area contributed by atoms with E-state index in [0.717, 1.165) is 0 Å². The van der Waals surface area contributed by atoms with Crippen molar-refractivity contribution < 1.29 is 9.53 Å². The SMILES string of the molecule is CNC(=O)OC1=CC=CC1C. The minimum absolute atomic E-state index is 0.215. The maximum Gasteiger partial charge on any atom is 0.412 e. The van der Waals surface area contributed by atoms with Crippen LogP contribution in [-0.4, -0.2) is 13.1 Å². The van der Waals surface area contributed by atoms with Crippen LogP contribution in [0.1, 0.15) is 6.92 Å². The second kappa shape index (κ2) is 3.23. The van der Waals surface area contributed by atoms with Crippen molar-refractivity contribution in [3.8, 4) is 0 Å². The maximum absolute atomic E-state index is 10.7. The number of amides is 1. The smallest absolute Gasteiger partial charge is 0.412 e. The summed E-state index contributed by atoms with van der Waals surface area (Å²) in [5.41, 5.74) is 0. The number of carbonyl (C=O) groups is 1. The van der Waals surface area contributed by atoms with Gasteiger partial charge in [0.25, 0.3) is 0 Å². The van der Waals surface area contributed by atoms with Crippen LogP contribution in [0.2, 0.25) is 0 Å². The summed E-state index contributed by atoms with van der Waals surface area (Å²) >= 11 is 0. The van der Waals surface area contributed by atoms with Crippen LogP contribution in [0.15, 0.2) is 24.0 Å². The number of rotatable bonds is 1. The third-order valence-corrected chi connectivity index (χ3v) is 1.52. The van der Waals surface area contributed by atoms with Gasteiger partial charge in [0, 0.05) is 13.0 Å². The second-order valence-electron chi connectivity index (χ2n) is 2.38. The average Bonchev–Trinajstić information content (AvgIpc) is 2.37. The Kier molecular flexibility index (Phi) is 2.31. The van der Waals surface area contributed by atoms with Crippen LogP contribution in [0.25, 0.3) is 0 Å². The first kappa shape index (κ1) is 7.85. The number of hydrogen-bond donors (Lipinski definition) is 1. The summed E-state index contributed by atoms with van der Waals surface area (Å²) in [7, 11) is 1.54. The van der Waals surface area contributed by atoms with Gasteiger partial charge < -0.3 is 10.1 Å². The molecule has 0 aromatic carbocycles. The topological polar surface area (TPSA) is 38.3 Å². The van der Waals surface area contributed by atoms with Crippen LogP contribution < -0.4 is 5.32 Å². The summed E-state index contributed by atoms with van der Waals surface area (Å²) in [5, 5.41) is 2.38. The lowest BCUT2D eigenvalue weighted by Gasteiger charge is -2.07. The maximum atomic E-state index is 10.7. The minimum atomic E-state index is -0.410. The van der Waals surface area contributed by atoms with E-state index in [1.54, 1.807) is 6.08 Å². The predicted molar refractivity (Wildman–Crippen MR) is 41.9 cm³/mol. The molecule has 0 spiro atoms. The third-order valence-electron chi connectivity index (χ3n) is 1.52. The minimum Gasteiger partial charge on any atom is -0.414 e. The molecule has 11 heavy (non-hydrogen) atoms. The van der Waals surface area contributed by atoms with Gasteiger partial charge in [-0.25, -0.2) is 4.79 Å². The van der Waals surface area contributed by atoms with Crippen LogP contribution >= 0.6 is 0 Å². The van der Waals surface area contributed by atoms with Crippen molar-refractivity contribution in [2.75, 3.05) is 7.05 Å². The normalized spacial score (nSPS) is 21.3. The molecule has 1 aliphatic rings. The Morgan fingerprint density at radius 2 is 2.45 bits per heavy atom. The van der Waals surface area contributed by atoms with Gasteiger partial charge in [-0.15, -0.1) is 0 Å². The highest BCUT2D eigenvalue weighted by molar-refractivity contribution is 5.68. The molecule has 60 valence electrons. The Balaban J connectivity index is 2.45. The molecule has 3 heteroatoms. The molecule has 1 rings (SSSR count). The van der Waals surface area contributed by atoms with Crippen molar-refractivity contribution in [2.24, 2.45) is 5.92 Å². The molecule has 0 saturated heterocycles. The molecule has 0 heterocycles. The van der Waals surface area contributed by atoms with Gasteiger partial charge in [-0.1, -0.05) is 19.1 Å². The Labute approximate surface area is 65.7 Å². The third kappa shape index (κ3) is 1.83. The van der Waals surface area contributed by atoms with Crippen LogP contribution in [-0.2, 0) is 4.74 Å². The number of ether oxygens (including phenoxy) is 1. The molecule has 0 bridgehead atoms. The first-order valence-electron chi connectivity index (χ1n) is 3.52. The zero-order chi connectivity index (χ0) is 8.27. The number of allylic oxidation sites excluding steroid dienone is 3. The van der Waals surface area contributed by atoms with Crippen LogP contribution in [0.4, 0.5) is 4.79 Å². The van der Waals surface area contributed by atoms with Gasteiger partial charge in [0.1, 0.15) is 5.76 Å². The molecule has 3 nitrogen and oxygen atoms in total. The molecule has 1 amide bonds. The Morgan fingerprint density at radius 3 is 2.91 bits per heavy atom. The number of alkyl carbamates (subject to hydrolysis) is 1. The van der Waals surface area contributed by atoms with Crippen molar-refractivity contribution in [3.05, 3.63) is 24.0 Å². The van der Waals surface area contributed by atoms with Gasteiger partial charge in [-0.05, 0) is 6.08 Å². The quantitative estimate of drug-likeness (QED) is 0.618. The summed E-state index contributed by atoms with van der Waals surface area (Å²) in [6, 6.07) is 0. The molecule has 0 aromatic rings. The largest absolute Gasteiger partial charge is 0.414 e. The van der Waals surface area contributed by atoms with Crippen molar-refractivity contribution in [1.82, 2.24) is 5.32 Å². The zero-order valence-electron chi connectivity index (χ0n) is 6.63. The molecule has 0 fully saturated rings. The Hall–Kier alpha value is -1.25. The van der Waals surface area contributed by atoms with Gasteiger partial charge >= 0.3 is 6.09 Å². The Bertz CT molecular complexity index is 218. The molecule has 0 radical (unpaired) electrons. The second-order valence-corrected chi connectivity index (χ2v) is 2.38. The van der Waals surface area contributed by atoms with E-state index in [9.17, 15) is 4.79 Å². The fraction of sp³-hybridized carbons (Fsp3) is 0.375. The molecule has 1 aliphatic carbocycles. The van der Waals surface area contributed by atoms with Crippen molar-refractivity contribution >= 4 is 6.09 Å². The van der Waals surface area contributed by atoms with Crippen molar-refractivity contribution in [1.29, 1.82) is 0 Å². The fourth-order valence-corrected chi connectivity index (χ4v) is 0.849. The molecule has 1 N–H and O–H groups in total. The summed E-state index contributed by atoms with van der Waals surface area (Å²) in [6.45, 7) is 1.97. The van der Waals surface area contributed by atoms with E-state index >= 15 is 0 Å². The molecule has 0 aromatic heterocycles. The van der Waals surface area contributed by atoms with Crippen LogP contribution in [0.5, 0.6) is 0 Å². The van der Waals surface area contributed by atoms with Gasteiger partial charge in [-0.2, -0.15) is 0 Å². The van der Waals surface area contributed by atoms with E-state index in [-0.39, 0.29) is 5.92 Å². The Morgan fingerprint density at radius 1 is 1.73 bits per heavy atom. The standard InChI is InChI=1S/C8H11NO2/c1-6-4-3-5-7(6)11-8(10)9-2/h3-6H,1-2H3,(H,9,10). The lowest BCUT2D eigenvalue weighted by molar-refractivity contribution is 0.172. The van der Waals surface area contributed by atoms with E-state index in [2.05, 4.69) is 5.32 Å². The number of hydrogen-bond acceptors (Lipinski definition) is 2. The highest BCUT2D eigenvalue weighted by atomic mass is 16.6. The highest BCUT2D eigenvalue weighted by Gasteiger charge is 2.13. The van der Waals surface area contributed by atoms with Gasteiger partial charge in [-0.3, -0.25) is 0 Å². The molecular formula is C8H11NO2. The molecule has 0 saturated carbocycles. The average molecular weight is 153 g/mol. The molecule has 0 aliphatic heterocycles. The van der Waals surface area contributed by atoms with Crippen molar-refractivity contribution in [2.45, 2.75) is 6.92 Å². The number of nitrogens with one attached hydrogen (secondary N) is 1. The molecular weight excluding hydrogens is 142 g/mol. The molecule has 1 unspecified atom stereocenters. The summed E-state index contributed by atoms with van der Waals surface area (Å²) < 4.78 is 4.92. The lowest BCUT2D eigenvalue weighted by atomic mass is 10.2. The van der Waals surface area contributed by atoms with E-state index in [0.29, 0.717) is 5.76 Å². The monoisotopic (exact) mass is 153 g/mol. The first-order valence-corrected chi connectivity index (χ1v) is 3.52. The van der Waals surface area contributed by atoms with E-state index < -0.39 is 6.09 Å². The number of carbonyl (C=O) groups excluding carboxylic acids is 1. The molecule has 1 atom stereocenters. The van der Waals surface area contributed by atoms with Gasteiger partial charge in [0.05, 0.1) is 0 Å². The van der Waals surface area contributed by atoms with E-state index in [4.69, 9.17) is 4.74 Å². The van der Waals surface area contributed by atoms with Gasteiger partial charge in [0.2, 0.25) is 0 Å². The highest BCUT2D eigenvalue weighted by Crippen LogP contribution is 2.19. The van der Waals surface area contributed by atoms with Crippen LogP contribution in [0, 0.1) is 5.92 Å². The van der Waals surface area contributed by atoms with E-state index in [1.807, 2.05) is 19.1 Å². The lowest BCUT2D eigenvalue weighted by Crippen LogP contribution is -2.19. The van der Waals surface area contributed by atoms with E-state index in [1.165, 1.54) is 7.05 Å². The first-order chi connectivity index (χ1) is 5.24. The fourth-order valence-electron chi connectivity index (χ4n) is 0.849.